The van der Waals surface area contributed by atoms with E-state index in [0.717, 1.165) is 6.42 Å². The molecule has 1 aliphatic heterocycles. The lowest BCUT2D eigenvalue weighted by Crippen LogP contribution is -2.53. The molecule has 2 atom stereocenters. The first-order valence-electron chi connectivity index (χ1n) is 8.18. The summed E-state index contributed by atoms with van der Waals surface area (Å²) in [6.45, 7) is 7.16. The lowest BCUT2D eigenvalue weighted by Gasteiger charge is -2.37. The Bertz CT molecular complexity index is 477. The van der Waals surface area contributed by atoms with Crippen molar-refractivity contribution < 1.29 is 24.2 Å². The van der Waals surface area contributed by atoms with Gasteiger partial charge in [-0.1, -0.05) is 6.42 Å². The van der Waals surface area contributed by atoms with Crippen LogP contribution in [0.4, 0.5) is 4.79 Å². The molecule has 7 heteroatoms. The normalized spacial score (nSPS) is 25.3. The number of nitrogens with zero attached hydrogens (tertiary/aromatic N) is 2. The van der Waals surface area contributed by atoms with E-state index >= 15 is 0 Å². The summed E-state index contributed by atoms with van der Waals surface area (Å²) in [5.74, 6) is -1.95. The van der Waals surface area contributed by atoms with Crippen molar-refractivity contribution >= 4 is 18.0 Å². The quantitative estimate of drug-likeness (QED) is 0.832. The van der Waals surface area contributed by atoms with Crippen molar-refractivity contribution in [1.82, 2.24) is 9.80 Å². The molecule has 1 aliphatic carbocycles. The van der Waals surface area contributed by atoms with Crippen LogP contribution in [0.3, 0.4) is 0 Å². The Labute approximate surface area is 136 Å². The minimum Gasteiger partial charge on any atom is -0.481 e. The lowest BCUT2D eigenvalue weighted by molar-refractivity contribution is -0.149. The van der Waals surface area contributed by atoms with Crippen LogP contribution in [0.2, 0.25) is 0 Å². The van der Waals surface area contributed by atoms with Gasteiger partial charge in [0.05, 0.1) is 11.8 Å². The summed E-state index contributed by atoms with van der Waals surface area (Å²) >= 11 is 0. The molecule has 1 heterocycles. The molecule has 130 valence electrons. The molecule has 2 amide bonds. The molecule has 2 aliphatic rings. The summed E-state index contributed by atoms with van der Waals surface area (Å²) in [6, 6.07) is 0. The van der Waals surface area contributed by atoms with Gasteiger partial charge in [-0.3, -0.25) is 9.59 Å². The molecule has 0 aromatic carbocycles. The summed E-state index contributed by atoms with van der Waals surface area (Å²) in [7, 11) is 0. The van der Waals surface area contributed by atoms with Gasteiger partial charge in [0.25, 0.3) is 0 Å². The van der Waals surface area contributed by atoms with Crippen molar-refractivity contribution in [2.24, 2.45) is 11.8 Å². The SMILES string of the molecule is CC(C)(C)OC(=O)N1CCN(C(=O)C2CCCC2C(=O)O)CC1. The summed E-state index contributed by atoms with van der Waals surface area (Å²) < 4.78 is 5.33. The second kappa shape index (κ2) is 6.76. The largest absolute Gasteiger partial charge is 0.481 e. The Kier molecular flexibility index (Phi) is 5.16. The molecule has 2 unspecified atom stereocenters. The van der Waals surface area contributed by atoms with Crippen molar-refractivity contribution in [3.05, 3.63) is 0 Å². The number of aliphatic carboxylic acids is 1. The van der Waals surface area contributed by atoms with Gasteiger partial charge >= 0.3 is 12.1 Å². The van der Waals surface area contributed by atoms with Crippen LogP contribution < -0.4 is 0 Å². The predicted octanol–water partition coefficient (Wildman–Crippen LogP) is 1.57. The highest BCUT2D eigenvalue weighted by atomic mass is 16.6. The van der Waals surface area contributed by atoms with Crippen molar-refractivity contribution in [2.45, 2.75) is 45.6 Å². The highest BCUT2D eigenvalue weighted by Gasteiger charge is 2.40. The maximum atomic E-state index is 12.5. The van der Waals surface area contributed by atoms with Gasteiger partial charge in [-0.05, 0) is 33.6 Å². The molecule has 2 fully saturated rings. The number of rotatable bonds is 2. The molecule has 2 rings (SSSR count). The fourth-order valence-corrected chi connectivity index (χ4v) is 3.22. The minimum absolute atomic E-state index is 0.0845. The molecule has 0 aromatic heterocycles. The molecule has 0 bridgehead atoms. The Hall–Kier alpha value is -1.79. The van der Waals surface area contributed by atoms with E-state index in [-0.39, 0.29) is 12.0 Å². The molecular weight excluding hydrogens is 300 g/mol. The number of hydrogen-bond acceptors (Lipinski definition) is 4. The fraction of sp³-hybridized carbons (Fsp3) is 0.812. The highest BCUT2D eigenvalue weighted by Crippen LogP contribution is 2.33. The van der Waals surface area contributed by atoms with Crippen LogP contribution in [-0.2, 0) is 14.3 Å². The molecule has 1 N–H and O–H groups in total. The van der Waals surface area contributed by atoms with E-state index in [0.29, 0.717) is 39.0 Å². The van der Waals surface area contributed by atoms with Crippen LogP contribution in [0.25, 0.3) is 0 Å². The molecule has 23 heavy (non-hydrogen) atoms. The molecule has 7 nitrogen and oxygen atoms in total. The number of carbonyl (C=O) groups excluding carboxylic acids is 2. The maximum absolute atomic E-state index is 12.5. The van der Waals surface area contributed by atoms with Gasteiger partial charge in [0, 0.05) is 26.2 Å². The number of amides is 2. The number of piperazine rings is 1. The van der Waals surface area contributed by atoms with Gasteiger partial charge in [-0.25, -0.2) is 4.79 Å². The Morgan fingerprint density at radius 3 is 2.00 bits per heavy atom. The smallest absolute Gasteiger partial charge is 0.410 e. The van der Waals surface area contributed by atoms with Gasteiger partial charge in [0.1, 0.15) is 5.60 Å². The van der Waals surface area contributed by atoms with Gasteiger partial charge in [-0.15, -0.1) is 0 Å². The first-order valence-corrected chi connectivity index (χ1v) is 8.18. The number of carboxylic acid groups (broad SMARTS) is 1. The third-order valence-electron chi connectivity index (χ3n) is 4.39. The van der Waals surface area contributed by atoms with E-state index in [1.54, 1.807) is 9.80 Å². The summed E-state index contributed by atoms with van der Waals surface area (Å²) in [5, 5.41) is 9.21. The van der Waals surface area contributed by atoms with E-state index in [1.165, 1.54) is 0 Å². The second-order valence-corrected chi connectivity index (χ2v) is 7.27. The van der Waals surface area contributed by atoms with E-state index < -0.39 is 23.4 Å². The van der Waals surface area contributed by atoms with Gasteiger partial charge in [0.2, 0.25) is 5.91 Å². The Morgan fingerprint density at radius 2 is 1.48 bits per heavy atom. The number of carboxylic acids is 1. The fourth-order valence-electron chi connectivity index (χ4n) is 3.22. The highest BCUT2D eigenvalue weighted by molar-refractivity contribution is 5.85. The van der Waals surface area contributed by atoms with Crippen LogP contribution in [0.1, 0.15) is 40.0 Å². The summed E-state index contributed by atoms with van der Waals surface area (Å²) in [5.41, 5.74) is -0.539. The Balaban J connectivity index is 1.88. The van der Waals surface area contributed by atoms with Gasteiger partial charge in [0.15, 0.2) is 0 Å². The predicted molar refractivity (Wildman–Crippen MR) is 82.9 cm³/mol. The summed E-state index contributed by atoms with van der Waals surface area (Å²) in [6.07, 6.45) is 1.63. The minimum atomic E-state index is -0.881. The van der Waals surface area contributed by atoms with Gasteiger partial charge in [-0.2, -0.15) is 0 Å². The average Bonchev–Trinajstić information content (AvgIpc) is 2.94. The standard InChI is InChI=1S/C16H26N2O5/c1-16(2,3)23-15(22)18-9-7-17(8-10-18)13(19)11-5-4-6-12(11)14(20)21/h11-12H,4-10H2,1-3H3,(H,20,21). The van der Waals surface area contributed by atoms with E-state index in [1.807, 2.05) is 20.8 Å². The molecule has 1 saturated heterocycles. The topological polar surface area (TPSA) is 87.2 Å². The first-order chi connectivity index (χ1) is 10.7. The van der Waals surface area contributed by atoms with Crippen molar-refractivity contribution in [3.8, 4) is 0 Å². The number of hydrogen-bond donors (Lipinski definition) is 1. The lowest BCUT2D eigenvalue weighted by atomic mass is 9.94. The maximum Gasteiger partial charge on any atom is 0.410 e. The molecule has 0 spiro atoms. The van der Waals surface area contributed by atoms with Crippen LogP contribution in [0.5, 0.6) is 0 Å². The van der Waals surface area contributed by atoms with Crippen molar-refractivity contribution in [3.63, 3.8) is 0 Å². The summed E-state index contributed by atoms with van der Waals surface area (Å²) in [4.78, 5) is 39.1. The molecule has 0 radical (unpaired) electrons. The number of ether oxygens (including phenoxy) is 1. The van der Waals surface area contributed by atoms with Crippen LogP contribution in [0, 0.1) is 11.8 Å². The van der Waals surface area contributed by atoms with Crippen LogP contribution >= 0.6 is 0 Å². The third kappa shape index (κ3) is 4.36. The van der Waals surface area contributed by atoms with E-state index in [9.17, 15) is 19.5 Å². The first kappa shape index (κ1) is 17.6. The van der Waals surface area contributed by atoms with Crippen molar-refractivity contribution in [2.75, 3.05) is 26.2 Å². The zero-order chi connectivity index (χ0) is 17.2. The van der Waals surface area contributed by atoms with Crippen LogP contribution in [-0.4, -0.2) is 64.7 Å². The van der Waals surface area contributed by atoms with Crippen LogP contribution in [0.15, 0.2) is 0 Å². The molecular formula is C16H26N2O5. The average molecular weight is 326 g/mol. The van der Waals surface area contributed by atoms with E-state index in [2.05, 4.69) is 0 Å². The molecule has 1 saturated carbocycles. The van der Waals surface area contributed by atoms with Crippen molar-refractivity contribution in [1.29, 1.82) is 0 Å². The monoisotopic (exact) mass is 326 g/mol. The van der Waals surface area contributed by atoms with E-state index in [4.69, 9.17) is 4.74 Å². The number of carbonyl (C=O) groups is 3. The Morgan fingerprint density at radius 1 is 0.957 bits per heavy atom. The second-order valence-electron chi connectivity index (χ2n) is 7.27. The third-order valence-corrected chi connectivity index (χ3v) is 4.39. The zero-order valence-corrected chi connectivity index (χ0v) is 14.1. The zero-order valence-electron chi connectivity index (χ0n) is 14.1. The van der Waals surface area contributed by atoms with Gasteiger partial charge < -0.3 is 19.6 Å². The molecule has 0 aromatic rings.